The molecule has 21 heavy (non-hydrogen) atoms. The quantitative estimate of drug-likeness (QED) is 0.897. The number of hydrogen-bond donors (Lipinski definition) is 2. The van der Waals surface area contributed by atoms with Gasteiger partial charge in [0.1, 0.15) is 0 Å². The lowest BCUT2D eigenvalue weighted by molar-refractivity contribution is -0.127. The van der Waals surface area contributed by atoms with Gasteiger partial charge < -0.3 is 10.6 Å². The van der Waals surface area contributed by atoms with E-state index in [0.29, 0.717) is 16.3 Å². The van der Waals surface area contributed by atoms with Crippen molar-refractivity contribution in [1.82, 2.24) is 5.32 Å². The van der Waals surface area contributed by atoms with Crippen molar-refractivity contribution in [3.05, 3.63) is 28.8 Å². The van der Waals surface area contributed by atoms with Crippen LogP contribution in [-0.4, -0.2) is 19.0 Å². The van der Waals surface area contributed by atoms with Gasteiger partial charge in [-0.25, -0.2) is 0 Å². The highest BCUT2D eigenvalue weighted by molar-refractivity contribution is 6.33. The topological polar surface area (TPSA) is 64.9 Å². The van der Waals surface area contributed by atoms with E-state index in [-0.39, 0.29) is 11.3 Å². The Balaban J connectivity index is 2.21. The predicted molar refractivity (Wildman–Crippen MR) is 84.2 cm³/mol. The predicted octanol–water partition coefficient (Wildman–Crippen LogP) is 3.32. The Bertz CT molecular complexity index is 554. The molecule has 5 heteroatoms. The largest absolute Gasteiger partial charge is 0.324 e. The Kier molecular flexibility index (Phi) is 5.22. The summed E-state index contributed by atoms with van der Waals surface area (Å²) in [6.07, 6.45) is 3.51. The molecule has 1 fully saturated rings. The van der Waals surface area contributed by atoms with E-state index in [1.807, 2.05) is 0 Å². The number of nitrogens with zero attached hydrogens (tertiary/aromatic N) is 1. The molecule has 1 heterocycles. The molecule has 0 unspecified atom stereocenters. The average Bonchev–Trinajstić information content (AvgIpc) is 2.50. The standard InChI is InChI=1S/C16H20ClN3O/c1-2-5-16(6-8-19-9-7-16)15(21)20-14-10-12(11-18)3-4-13(14)17/h3-4,10,19H,2,5-9H2,1H3,(H,20,21). The van der Waals surface area contributed by atoms with E-state index in [2.05, 4.69) is 23.6 Å². The zero-order valence-corrected chi connectivity index (χ0v) is 13.0. The van der Waals surface area contributed by atoms with Crippen molar-refractivity contribution in [2.45, 2.75) is 32.6 Å². The molecule has 1 saturated heterocycles. The summed E-state index contributed by atoms with van der Waals surface area (Å²) in [5.74, 6) is 0.0165. The molecule has 0 aliphatic carbocycles. The van der Waals surface area contributed by atoms with Crippen molar-refractivity contribution in [2.24, 2.45) is 5.41 Å². The van der Waals surface area contributed by atoms with Gasteiger partial charge in [0.05, 0.1) is 27.8 Å². The van der Waals surface area contributed by atoms with Gasteiger partial charge >= 0.3 is 0 Å². The fraction of sp³-hybridized carbons (Fsp3) is 0.500. The third-order valence-corrected chi connectivity index (χ3v) is 4.44. The Hall–Kier alpha value is -1.57. The number of rotatable bonds is 4. The van der Waals surface area contributed by atoms with Crippen molar-refractivity contribution in [2.75, 3.05) is 18.4 Å². The fourth-order valence-corrected chi connectivity index (χ4v) is 3.08. The SMILES string of the molecule is CCCC1(C(=O)Nc2cc(C#N)ccc2Cl)CCNCC1. The summed E-state index contributed by atoms with van der Waals surface area (Å²) in [6.45, 7) is 3.82. The van der Waals surface area contributed by atoms with Gasteiger partial charge in [0, 0.05) is 0 Å². The molecule has 0 spiro atoms. The first-order valence-electron chi connectivity index (χ1n) is 7.33. The number of amides is 1. The molecule has 0 aromatic heterocycles. The third-order valence-electron chi connectivity index (χ3n) is 4.11. The zero-order chi connectivity index (χ0) is 15.3. The lowest BCUT2D eigenvalue weighted by Crippen LogP contribution is -2.44. The van der Waals surface area contributed by atoms with Crippen LogP contribution in [0.4, 0.5) is 5.69 Å². The van der Waals surface area contributed by atoms with Crippen LogP contribution in [0.3, 0.4) is 0 Å². The molecule has 1 amide bonds. The number of nitrogens with one attached hydrogen (secondary N) is 2. The zero-order valence-electron chi connectivity index (χ0n) is 12.2. The van der Waals surface area contributed by atoms with Crippen LogP contribution in [0.1, 0.15) is 38.2 Å². The highest BCUT2D eigenvalue weighted by Crippen LogP contribution is 2.36. The number of carbonyl (C=O) groups is 1. The first-order valence-corrected chi connectivity index (χ1v) is 7.71. The maximum atomic E-state index is 12.8. The van der Waals surface area contributed by atoms with Crippen molar-refractivity contribution < 1.29 is 4.79 Å². The molecule has 1 aromatic rings. The van der Waals surface area contributed by atoms with Crippen LogP contribution in [0.15, 0.2) is 18.2 Å². The van der Waals surface area contributed by atoms with E-state index >= 15 is 0 Å². The molecule has 4 nitrogen and oxygen atoms in total. The van der Waals surface area contributed by atoms with Crippen molar-refractivity contribution in [1.29, 1.82) is 5.26 Å². The van der Waals surface area contributed by atoms with Crippen molar-refractivity contribution in [3.8, 4) is 6.07 Å². The van der Waals surface area contributed by atoms with E-state index in [0.717, 1.165) is 38.8 Å². The second-order valence-corrected chi connectivity index (χ2v) is 5.95. The van der Waals surface area contributed by atoms with Crippen LogP contribution < -0.4 is 10.6 Å². The summed E-state index contributed by atoms with van der Waals surface area (Å²) in [5, 5.41) is 15.6. The second-order valence-electron chi connectivity index (χ2n) is 5.54. The first kappa shape index (κ1) is 15.8. The summed E-state index contributed by atoms with van der Waals surface area (Å²) >= 11 is 6.12. The maximum Gasteiger partial charge on any atom is 0.230 e. The van der Waals surface area contributed by atoms with E-state index in [1.165, 1.54) is 0 Å². The van der Waals surface area contributed by atoms with Crippen LogP contribution in [0.25, 0.3) is 0 Å². The van der Waals surface area contributed by atoms with Gasteiger partial charge in [0.25, 0.3) is 0 Å². The number of benzene rings is 1. The van der Waals surface area contributed by atoms with Crippen molar-refractivity contribution >= 4 is 23.2 Å². The smallest absolute Gasteiger partial charge is 0.230 e. The van der Waals surface area contributed by atoms with Crippen LogP contribution in [0, 0.1) is 16.7 Å². The van der Waals surface area contributed by atoms with Gasteiger partial charge in [-0.2, -0.15) is 5.26 Å². The van der Waals surface area contributed by atoms with E-state index in [9.17, 15) is 4.79 Å². The Labute approximate surface area is 130 Å². The number of hydrogen-bond acceptors (Lipinski definition) is 3. The minimum Gasteiger partial charge on any atom is -0.324 e. The first-order chi connectivity index (χ1) is 10.1. The molecule has 2 rings (SSSR count). The molecule has 112 valence electrons. The van der Waals surface area contributed by atoms with E-state index < -0.39 is 0 Å². The minimum atomic E-state index is -0.327. The van der Waals surface area contributed by atoms with Crippen LogP contribution in [-0.2, 0) is 4.79 Å². The number of nitriles is 1. The maximum absolute atomic E-state index is 12.8. The molecule has 0 atom stereocenters. The average molecular weight is 306 g/mol. The van der Waals surface area contributed by atoms with Crippen molar-refractivity contribution in [3.63, 3.8) is 0 Å². The lowest BCUT2D eigenvalue weighted by atomic mass is 9.74. The number of carbonyl (C=O) groups excluding carboxylic acids is 1. The number of halogens is 1. The van der Waals surface area contributed by atoms with Gasteiger partial charge in [-0.05, 0) is 50.6 Å². The van der Waals surface area contributed by atoms with Crippen LogP contribution in [0.5, 0.6) is 0 Å². The monoisotopic (exact) mass is 305 g/mol. The van der Waals surface area contributed by atoms with Gasteiger partial charge in [-0.1, -0.05) is 24.9 Å². The Morgan fingerprint density at radius 3 is 2.81 bits per heavy atom. The fourth-order valence-electron chi connectivity index (χ4n) is 2.92. The summed E-state index contributed by atoms with van der Waals surface area (Å²) < 4.78 is 0. The summed E-state index contributed by atoms with van der Waals surface area (Å²) in [4.78, 5) is 12.8. The van der Waals surface area contributed by atoms with E-state index in [1.54, 1.807) is 18.2 Å². The molecule has 1 aliphatic rings. The molecule has 1 aliphatic heterocycles. The van der Waals surface area contributed by atoms with Gasteiger partial charge in [0.15, 0.2) is 0 Å². The molecule has 0 bridgehead atoms. The van der Waals surface area contributed by atoms with Gasteiger partial charge in [-0.3, -0.25) is 4.79 Å². The summed E-state index contributed by atoms with van der Waals surface area (Å²) in [7, 11) is 0. The second kappa shape index (κ2) is 6.93. The van der Waals surface area contributed by atoms with E-state index in [4.69, 9.17) is 16.9 Å². The molecule has 0 radical (unpaired) electrons. The van der Waals surface area contributed by atoms with Crippen LogP contribution in [0.2, 0.25) is 5.02 Å². The minimum absolute atomic E-state index is 0.0165. The molecule has 2 N–H and O–H groups in total. The van der Waals surface area contributed by atoms with Gasteiger partial charge in [-0.15, -0.1) is 0 Å². The van der Waals surface area contributed by atoms with Gasteiger partial charge in [0.2, 0.25) is 5.91 Å². The highest BCUT2D eigenvalue weighted by atomic mass is 35.5. The number of piperidine rings is 1. The normalized spacial score (nSPS) is 17.0. The molecule has 1 aromatic carbocycles. The summed E-state index contributed by atoms with van der Waals surface area (Å²) in [5.41, 5.74) is 0.686. The highest BCUT2D eigenvalue weighted by Gasteiger charge is 2.38. The molecular formula is C16H20ClN3O. The summed E-state index contributed by atoms with van der Waals surface area (Å²) in [6, 6.07) is 6.97. The number of anilines is 1. The Morgan fingerprint density at radius 2 is 2.19 bits per heavy atom. The molecular weight excluding hydrogens is 286 g/mol. The Morgan fingerprint density at radius 1 is 1.48 bits per heavy atom. The van der Waals surface area contributed by atoms with Crippen LogP contribution >= 0.6 is 11.6 Å². The third kappa shape index (κ3) is 3.55. The molecule has 0 saturated carbocycles. The lowest BCUT2D eigenvalue weighted by Gasteiger charge is -2.36.